The van der Waals surface area contributed by atoms with Crippen LogP contribution in [0.15, 0.2) is 28.9 Å². The van der Waals surface area contributed by atoms with Crippen LogP contribution in [0.2, 0.25) is 0 Å². The maximum atomic E-state index is 12.5. The summed E-state index contributed by atoms with van der Waals surface area (Å²) in [5, 5.41) is 17.8. The second-order valence-corrected chi connectivity index (χ2v) is 7.26. The van der Waals surface area contributed by atoms with E-state index in [4.69, 9.17) is 4.52 Å². The molecule has 1 fully saturated rings. The van der Waals surface area contributed by atoms with Crippen LogP contribution < -0.4 is 10.2 Å². The van der Waals surface area contributed by atoms with Crippen molar-refractivity contribution >= 4 is 11.7 Å². The number of rotatable bonds is 4. The van der Waals surface area contributed by atoms with Gasteiger partial charge in [0.05, 0.1) is 5.60 Å². The third kappa shape index (κ3) is 3.44. The molecular weight excluding hydrogens is 332 g/mol. The largest absolute Gasteiger partial charge is 0.386 e. The molecule has 0 spiro atoms. The van der Waals surface area contributed by atoms with Gasteiger partial charge in [-0.1, -0.05) is 11.2 Å². The number of aromatic nitrogens is 2. The van der Waals surface area contributed by atoms with Crippen LogP contribution >= 0.6 is 0 Å². The highest BCUT2D eigenvalue weighted by Gasteiger charge is 2.35. The molecule has 138 valence electrons. The number of aryl methyl sites for hydroxylation is 1. The number of carbonyl (C=O) groups is 1. The van der Waals surface area contributed by atoms with Crippen molar-refractivity contribution in [2.45, 2.75) is 44.1 Å². The van der Waals surface area contributed by atoms with E-state index < -0.39 is 5.60 Å². The number of hydrogen-bond acceptors (Lipinski definition) is 6. The zero-order valence-corrected chi connectivity index (χ0v) is 14.8. The van der Waals surface area contributed by atoms with E-state index >= 15 is 0 Å². The lowest BCUT2D eigenvalue weighted by atomic mass is 9.92. The van der Waals surface area contributed by atoms with Crippen molar-refractivity contribution in [3.05, 3.63) is 41.4 Å². The van der Waals surface area contributed by atoms with Crippen molar-refractivity contribution in [3.63, 3.8) is 0 Å². The van der Waals surface area contributed by atoms with Gasteiger partial charge in [0.15, 0.2) is 5.69 Å². The quantitative estimate of drug-likeness (QED) is 0.867. The van der Waals surface area contributed by atoms with E-state index in [1.165, 1.54) is 0 Å². The summed E-state index contributed by atoms with van der Waals surface area (Å²) in [6.07, 6.45) is 7.05. The van der Waals surface area contributed by atoms with Gasteiger partial charge in [0.25, 0.3) is 5.91 Å². The molecule has 2 aromatic heterocycles. The van der Waals surface area contributed by atoms with E-state index in [9.17, 15) is 9.90 Å². The van der Waals surface area contributed by atoms with Gasteiger partial charge < -0.3 is 19.8 Å². The Balaban J connectivity index is 1.40. The zero-order chi connectivity index (χ0) is 18.0. The summed E-state index contributed by atoms with van der Waals surface area (Å²) in [6.45, 7) is 1.49. The Morgan fingerprint density at radius 3 is 3.04 bits per heavy atom. The first-order valence-electron chi connectivity index (χ1n) is 9.29. The molecule has 1 amide bonds. The average molecular weight is 356 g/mol. The summed E-state index contributed by atoms with van der Waals surface area (Å²) in [6, 6.07) is 5.75. The molecule has 0 bridgehead atoms. The molecule has 26 heavy (non-hydrogen) atoms. The molecule has 3 heterocycles. The minimum Gasteiger partial charge on any atom is -0.386 e. The molecule has 7 heteroatoms. The molecule has 1 aliphatic heterocycles. The van der Waals surface area contributed by atoms with Crippen molar-refractivity contribution in [2.24, 2.45) is 0 Å². The van der Waals surface area contributed by atoms with Crippen LogP contribution in [0, 0.1) is 0 Å². The minimum absolute atomic E-state index is 0.191. The Kier molecular flexibility index (Phi) is 4.63. The van der Waals surface area contributed by atoms with Crippen LogP contribution in [-0.4, -0.2) is 46.4 Å². The fourth-order valence-electron chi connectivity index (χ4n) is 3.88. The predicted octanol–water partition coefficient (Wildman–Crippen LogP) is 1.71. The number of hydrogen-bond donors (Lipinski definition) is 2. The number of pyridine rings is 1. The molecule has 0 saturated carbocycles. The Morgan fingerprint density at radius 1 is 1.31 bits per heavy atom. The van der Waals surface area contributed by atoms with Crippen LogP contribution in [0.3, 0.4) is 0 Å². The normalized spacial score (nSPS) is 22.7. The van der Waals surface area contributed by atoms with E-state index in [0.717, 1.165) is 55.8 Å². The van der Waals surface area contributed by atoms with E-state index in [2.05, 4.69) is 20.4 Å². The number of carbonyl (C=O) groups excluding carboxylic acids is 1. The standard InChI is InChI=1S/C19H24N4O3/c24-18(17-14-6-1-2-7-15(14)26-22-17)21-12-19(25)9-5-11-23(13-19)16-8-3-4-10-20-16/h3-4,8,10,25H,1-2,5-7,9,11-13H2,(H,21,24)/t19-/m1/s1. The number of β-amino-alcohol motifs (C(OH)–C–C–N with tert-alkyl or cyclic N) is 1. The van der Waals surface area contributed by atoms with E-state index in [1.807, 2.05) is 18.2 Å². The van der Waals surface area contributed by atoms with Crippen molar-refractivity contribution in [2.75, 3.05) is 24.5 Å². The number of anilines is 1. The summed E-state index contributed by atoms with van der Waals surface area (Å²) in [4.78, 5) is 19.0. The first kappa shape index (κ1) is 17.0. The topological polar surface area (TPSA) is 91.5 Å². The molecule has 4 rings (SSSR count). The summed E-state index contributed by atoms with van der Waals surface area (Å²) in [7, 11) is 0. The SMILES string of the molecule is O=C(NC[C@]1(O)CCCN(c2ccccn2)C1)c1noc2c1CCCC2. The number of fused-ring (bicyclic) bond motifs is 1. The van der Waals surface area contributed by atoms with Gasteiger partial charge in [-0.05, 0) is 44.2 Å². The third-order valence-corrected chi connectivity index (χ3v) is 5.27. The molecule has 1 atom stereocenters. The highest BCUT2D eigenvalue weighted by molar-refractivity contribution is 5.93. The highest BCUT2D eigenvalue weighted by Crippen LogP contribution is 2.26. The molecule has 2 N–H and O–H groups in total. The second kappa shape index (κ2) is 7.07. The number of piperidine rings is 1. The number of nitrogens with zero attached hydrogens (tertiary/aromatic N) is 3. The van der Waals surface area contributed by atoms with Gasteiger partial charge in [-0.25, -0.2) is 4.98 Å². The minimum atomic E-state index is -0.977. The fourth-order valence-corrected chi connectivity index (χ4v) is 3.88. The maximum absolute atomic E-state index is 12.5. The predicted molar refractivity (Wildman–Crippen MR) is 96.1 cm³/mol. The first-order chi connectivity index (χ1) is 12.6. The molecule has 2 aromatic rings. The summed E-state index contributed by atoms with van der Waals surface area (Å²) in [5.41, 5.74) is 0.329. The molecule has 0 radical (unpaired) electrons. The maximum Gasteiger partial charge on any atom is 0.273 e. The summed E-state index contributed by atoms with van der Waals surface area (Å²) >= 11 is 0. The summed E-state index contributed by atoms with van der Waals surface area (Å²) in [5.74, 6) is 1.42. The van der Waals surface area contributed by atoms with E-state index in [1.54, 1.807) is 6.20 Å². The number of aliphatic hydroxyl groups is 1. The Hall–Kier alpha value is -2.41. The zero-order valence-electron chi connectivity index (χ0n) is 14.8. The molecule has 0 unspecified atom stereocenters. The van der Waals surface area contributed by atoms with Crippen LogP contribution in [0.5, 0.6) is 0 Å². The molecular formula is C19H24N4O3. The van der Waals surface area contributed by atoms with Gasteiger partial charge in [-0.15, -0.1) is 0 Å². The number of amides is 1. The van der Waals surface area contributed by atoms with Gasteiger partial charge in [-0.3, -0.25) is 4.79 Å². The molecule has 0 aromatic carbocycles. The van der Waals surface area contributed by atoms with Gasteiger partial charge >= 0.3 is 0 Å². The smallest absolute Gasteiger partial charge is 0.273 e. The van der Waals surface area contributed by atoms with Crippen LogP contribution in [-0.2, 0) is 12.8 Å². The van der Waals surface area contributed by atoms with Crippen LogP contribution in [0.4, 0.5) is 5.82 Å². The Labute approximate surface area is 152 Å². The lowest BCUT2D eigenvalue weighted by Crippen LogP contribution is -2.54. The summed E-state index contributed by atoms with van der Waals surface area (Å²) < 4.78 is 5.31. The molecule has 1 saturated heterocycles. The monoisotopic (exact) mass is 356 g/mol. The van der Waals surface area contributed by atoms with Gasteiger partial charge in [0.1, 0.15) is 11.6 Å². The van der Waals surface area contributed by atoms with Crippen molar-refractivity contribution in [1.29, 1.82) is 0 Å². The van der Waals surface area contributed by atoms with E-state index in [-0.39, 0.29) is 12.5 Å². The lowest BCUT2D eigenvalue weighted by molar-refractivity contribution is 0.0253. The second-order valence-electron chi connectivity index (χ2n) is 7.26. The van der Waals surface area contributed by atoms with Gasteiger partial charge in [0, 0.05) is 37.8 Å². The lowest BCUT2D eigenvalue weighted by Gasteiger charge is -2.39. The van der Waals surface area contributed by atoms with E-state index in [0.29, 0.717) is 18.7 Å². The first-order valence-corrected chi connectivity index (χ1v) is 9.29. The highest BCUT2D eigenvalue weighted by atomic mass is 16.5. The Bertz CT molecular complexity index is 776. The average Bonchev–Trinajstić information content (AvgIpc) is 3.11. The molecule has 2 aliphatic rings. The third-order valence-electron chi connectivity index (χ3n) is 5.27. The molecule has 7 nitrogen and oxygen atoms in total. The van der Waals surface area contributed by atoms with Gasteiger partial charge in [0.2, 0.25) is 0 Å². The fraction of sp³-hybridized carbons (Fsp3) is 0.526. The van der Waals surface area contributed by atoms with Crippen molar-refractivity contribution < 1.29 is 14.4 Å². The van der Waals surface area contributed by atoms with Crippen LogP contribution in [0.1, 0.15) is 47.5 Å². The Morgan fingerprint density at radius 2 is 2.19 bits per heavy atom. The van der Waals surface area contributed by atoms with Crippen molar-refractivity contribution in [1.82, 2.24) is 15.5 Å². The number of nitrogens with one attached hydrogen (secondary N) is 1. The van der Waals surface area contributed by atoms with Gasteiger partial charge in [-0.2, -0.15) is 0 Å². The molecule has 1 aliphatic carbocycles. The van der Waals surface area contributed by atoms with Crippen LogP contribution in [0.25, 0.3) is 0 Å². The van der Waals surface area contributed by atoms with Crippen molar-refractivity contribution in [3.8, 4) is 0 Å².